The summed E-state index contributed by atoms with van der Waals surface area (Å²) in [6.45, 7) is 4.36. The van der Waals surface area contributed by atoms with Gasteiger partial charge in [0.05, 0.1) is 11.2 Å². The monoisotopic (exact) mass is 387 g/mol. The zero-order valence-corrected chi connectivity index (χ0v) is 15.8. The van der Waals surface area contributed by atoms with Crippen LogP contribution in [0.3, 0.4) is 0 Å². The number of rotatable bonds is 3. The first kappa shape index (κ1) is 17.9. The molecule has 2 aromatic heterocycles. The van der Waals surface area contributed by atoms with Crippen molar-refractivity contribution in [1.82, 2.24) is 24.8 Å². The second-order valence-electron chi connectivity index (χ2n) is 6.74. The molecule has 0 atom stereocenters. The van der Waals surface area contributed by atoms with Gasteiger partial charge in [0.25, 0.3) is 5.91 Å². The molecule has 0 N–H and O–H groups in total. The molecule has 0 aromatic carbocycles. The summed E-state index contributed by atoms with van der Waals surface area (Å²) in [4.78, 5) is 36.3. The van der Waals surface area contributed by atoms with Crippen LogP contribution in [-0.2, 0) is 0 Å². The van der Waals surface area contributed by atoms with Gasteiger partial charge in [0.1, 0.15) is 0 Å². The fourth-order valence-corrected chi connectivity index (χ4v) is 3.64. The van der Waals surface area contributed by atoms with E-state index in [1.54, 1.807) is 29.6 Å². The van der Waals surface area contributed by atoms with Crippen molar-refractivity contribution in [2.75, 3.05) is 49.1 Å². The van der Waals surface area contributed by atoms with Crippen LogP contribution in [0, 0.1) is 0 Å². The van der Waals surface area contributed by atoms with Crippen LogP contribution in [0.15, 0.2) is 24.7 Å². The lowest BCUT2D eigenvalue weighted by molar-refractivity contribution is 0.0740. The van der Waals surface area contributed by atoms with E-state index in [-0.39, 0.29) is 11.6 Å². The van der Waals surface area contributed by atoms with Gasteiger partial charge in [-0.1, -0.05) is 11.6 Å². The number of amides is 1. The van der Waals surface area contributed by atoms with Crippen LogP contribution in [0.4, 0.5) is 11.9 Å². The Balaban J connectivity index is 1.45. The maximum atomic E-state index is 13.0. The Hall–Kier alpha value is -2.48. The summed E-state index contributed by atoms with van der Waals surface area (Å²) in [5.74, 6) is 1.14. The number of halogens is 1. The van der Waals surface area contributed by atoms with E-state index in [9.17, 15) is 4.79 Å². The summed E-state index contributed by atoms with van der Waals surface area (Å²) in [5, 5.41) is 0.301. The Morgan fingerprint density at radius 3 is 2.22 bits per heavy atom. The van der Waals surface area contributed by atoms with Crippen LogP contribution in [0.5, 0.6) is 0 Å². The molecule has 9 heteroatoms. The molecule has 4 rings (SSSR count). The standard InChI is InChI=1S/C18H22ClN7O/c19-14-13-22-18(25-7-2-1-3-8-25)23-15(14)16(27)24-9-11-26(12-10-24)17-20-5-4-6-21-17/h4-6,13H,1-3,7-12H2. The van der Waals surface area contributed by atoms with E-state index in [2.05, 4.69) is 29.7 Å². The minimum absolute atomic E-state index is 0.144. The van der Waals surface area contributed by atoms with Crippen molar-refractivity contribution in [1.29, 1.82) is 0 Å². The van der Waals surface area contributed by atoms with Gasteiger partial charge in [-0.15, -0.1) is 0 Å². The van der Waals surface area contributed by atoms with E-state index in [0.717, 1.165) is 25.9 Å². The number of hydrogen-bond acceptors (Lipinski definition) is 7. The highest BCUT2D eigenvalue weighted by atomic mass is 35.5. The van der Waals surface area contributed by atoms with Crippen molar-refractivity contribution in [3.63, 3.8) is 0 Å². The molecule has 0 aliphatic carbocycles. The molecule has 1 amide bonds. The van der Waals surface area contributed by atoms with E-state index < -0.39 is 0 Å². The number of aromatic nitrogens is 4. The zero-order chi connectivity index (χ0) is 18.6. The average Bonchev–Trinajstić information content (AvgIpc) is 2.75. The Morgan fingerprint density at radius 2 is 1.52 bits per heavy atom. The molecule has 27 heavy (non-hydrogen) atoms. The lowest BCUT2D eigenvalue weighted by Crippen LogP contribution is -2.49. The third-order valence-electron chi connectivity index (χ3n) is 4.97. The first-order valence-corrected chi connectivity index (χ1v) is 9.69. The molecular formula is C18H22ClN7O. The van der Waals surface area contributed by atoms with E-state index >= 15 is 0 Å². The van der Waals surface area contributed by atoms with Gasteiger partial charge < -0.3 is 14.7 Å². The summed E-state index contributed by atoms with van der Waals surface area (Å²) in [7, 11) is 0. The SMILES string of the molecule is O=C(c1nc(N2CCCCC2)ncc1Cl)N1CCN(c2ncccn2)CC1. The number of piperidine rings is 1. The second kappa shape index (κ2) is 8.04. The molecule has 0 unspecified atom stereocenters. The molecule has 2 aromatic rings. The molecule has 0 saturated carbocycles. The van der Waals surface area contributed by atoms with Gasteiger partial charge in [-0.05, 0) is 25.3 Å². The van der Waals surface area contributed by atoms with E-state index in [1.807, 2.05) is 0 Å². The minimum Gasteiger partial charge on any atom is -0.341 e. The van der Waals surface area contributed by atoms with Crippen LogP contribution >= 0.6 is 11.6 Å². The summed E-state index contributed by atoms with van der Waals surface area (Å²) in [6.07, 6.45) is 8.47. The summed E-state index contributed by atoms with van der Waals surface area (Å²) in [5.41, 5.74) is 0.289. The molecule has 2 aliphatic rings. The van der Waals surface area contributed by atoms with Crippen molar-refractivity contribution < 1.29 is 4.79 Å². The van der Waals surface area contributed by atoms with Crippen LogP contribution in [0.25, 0.3) is 0 Å². The van der Waals surface area contributed by atoms with Crippen molar-refractivity contribution in [2.24, 2.45) is 0 Å². The zero-order valence-electron chi connectivity index (χ0n) is 15.1. The van der Waals surface area contributed by atoms with Gasteiger partial charge >= 0.3 is 0 Å². The van der Waals surface area contributed by atoms with Crippen LogP contribution in [-0.4, -0.2) is 70.0 Å². The Kier molecular flexibility index (Phi) is 5.33. The largest absolute Gasteiger partial charge is 0.341 e. The Labute approximate surface area is 163 Å². The summed E-state index contributed by atoms with van der Waals surface area (Å²) in [6, 6.07) is 1.79. The van der Waals surface area contributed by atoms with Gasteiger partial charge in [0, 0.05) is 51.7 Å². The van der Waals surface area contributed by atoms with Gasteiger partial charge in [-0.25, -0.2) is 19.9 Å². The Bertz CT molecular complexity index is 790. The lowest BCUT2D eigenvalue weighted by atomic mass is 10.1. The minimum atomic E-state index is -0.144. The molecule has 2 saturated heterocycles. The normalized spacial score (nSPS) is 17.9. The first-order valence-electron chi connectivity index (χ1n) is 9.31. The third kappa shape index (κ3) is 3.95. The van der Waals surface area contributed by atoms with Crippen molar-refractivity contribution in [3.8, 4) is 0 Å². The van der Waals surface area contributed by atoms with E-state index in [4.69, 9.17) is 11.6 Å². The van der Waals surface area contributed by atoms with E-state index in [0.29, 0.717) is 43.1 Å². The molecule has 0 spiro atoms. The summed E-state index contributed by atoms with van der Waals surface area (Å²) < 4.78 is 0. The lowest BCUT2D eigenvalue weighted by Gasteiger charge is -2.34. The quantitative estimate of drug-likeness (QED) is 0.795. The van der Waals surface area contributed by atoms with E-state index in [1.165, 1.54) is 6.42 Å². The molecule has 142 valence electrons. The van der Waals surface area contributed by atoms with Crippen molar-refractivity contribution in [3.05, 3.63) is 35.4 Å². The highest BCUT2D eigenvalue weighted by molar-refractivity contribution is 6.33. The predicted octanol–water partition coefficient (Wildman–Crippen LogP) is 1.87. The Morgan fingerprint density at radius 1 is 0.852 bits per heavy atom. The topological polar surface area (TPSA) is 78.4 Å². The molecule has 2 fully saturated rings. The number of carbonyl (C=O) groups is 1. The molecule has 0 bridgehead atoms. The summed E-state index contributed by atoms with van der Waals surface area (Å²) >= 11 is 6.25. The molecular weight excluding hydrogens is 366 g/mol. The van der Waals surface area contributed by atoms with Gasteiger partial charge in [0.15, 0.2) is 5.69 Å². The number of piperazine rings is 1. The number of hydrogen-bond donors (Lipinski definition) is 0. The van der Waals surface area contributed by atoms with Crippen LogP contribution in [0.2, 0.25) is 5.02 Å². The smallest absolute Gasteiger partial charge is 0.274 e. The van der Waals surface area contributed by atoms with Gasteiger partial charge in [0.2, 0.25) is 11.9 Å². The molecule has 2 aliphatic heterocycles. The molecule has 8 nitrogen and oxygen atoms in total. The predicted molar refractivity (Wildman–Crippen MR) is 103 cm³/mol. The maximum absolute atomic E-state index is 13.0. The van der Waals surface area contributed by atoms with Crippen LogP contribution < -0.4 is 9.80 Å². The first-order chi connectivity index (χ1) is 13.2. The van der Waals surface area contributed by atoms with Gasteiger partial charge in [-0.3, -0.25) is 4.79 Å². The van der Waals surface area contributed by atoms with Gasteiger partial charge in [-0.2, -0.15) is 0 Å². The fraction of sp³-hybridized carbons (Fsp3) is 0.500. The maximum Gasteiger partial charge on any atom is 0.274 e. The highest BCUT2D eigenvalue weighted by Crippen LogP contribution is 2.21. The second-order valence-corrected chi connectivity index (χ2v) is 7.15. The molecule has 4 heterocycles. The van der Waals surface area contributed by atoms with Crippen molar-refractivity contribution in [2.45, 2.75) is 19.3 Å². The molecule has 0 radical (unpaired) electrons. The third-order valence-corrected chi connectivity index (χ3v) is 5.25. The number of anilines is 2. The highest BCUT2D eigenvalue weighted by Gasteiger charge is 2.27. The fourth-order valence-electron chi connectivity index (χ4n) is 3.47. The van der Waals surface area contributed by atoms with Crippen LogP contribution in [0.1, 0.15) is 29.8 Å². The average molecular weight is 388 g/mol. The number of carbonyl (C=O) groups excluding carboxylic acids is 1. The van der Waals surface area contributed by atoms with Crippen molar-refractivity contribution >= 4 is 29.4 Å². The number of nitrogens with zero attached hydrogens (tertiary/aromatic N) is 7.